The SMILES string of the molecule is Clc1cc(Br)cc2nc3n(c12)CCC3. The Bertz CT molecular complexity index is 518. The van der Waals surface area contributed by atoms with E-state index in [1.807, 2.05) is 12.1 Å². The summed E-state index contributed by atoms with van der Waals surface area (Å²) in [5, 5.41) is 0.787. The Labute approximate surface area is 95.0 Å². The van der Waals surface area contributed by atoms with Gasteiger partial charge in [0.1, 0.15) is 5.82 Å². The monoisotopic (exact) mass is 270 g/mol. The molecule has 0 radical (unpaired) electrons. The van der Waals surface area contributed by atoms with Crippen molar-refractivity contribution in [1.29, 1.82) is 0 Å². The molecular formula is C10H8BrClN2. The first-order valence-electron chi connectivity index (χ1n) is 4.60. The zero-order chi connectivity index (χ0) is 9.71. The molecule has 2 heterocycles. The summed E-state index contributed by atoms with van der Waals surface area (Å²) in [6, 6.07) is 3.95. The van der Waals surface area contributed by atoms with Gasteiger partial charge >= 0.3 is 0 Å². The van der Waals surface area contributed by atoms with Crippen LogP contribution in [0.5, 0.6) is 0 Å². The molecule has 0 unspecified atom stereocenters. The smallest absolute Gasteiger partial charge is 0.109 e. The molecular weight excluding hydrogens is 263 g/mol. The Balaban J connectivity index is 2.43. The molecule has 72 valence electrons. The van der Waals surface area contributed by atoms with Crippen LogP contribution in [0.3, 0.4) is 0 Å². The minimum Gasteiger partial charge on any atom is -0.327 e. The summed E-state index contributed by atoms with van der Waals surface area (Å²) in [4.78, 5) is 4.56. The van der Waals surface area contributed by atoms with Gasteiger partial charge in [-0.15, -0.1) is 0 Å². The first-order chi connectivity index (χ1) is 6.75. The first kappa shape index (κ1) is 8.74. The number of imidazole rings is 1. The molecule has 0 amide bonds. The van der Waals surface area contributed by atoms with Crippen molar-refractivity contribution in [2.75, 3.05) is 0 Å². The van der Waals surface area contributed by atoms with Crippen molar-refractivity contribution in [3.05, 3.63) is 27.5 Å². The molecule has 1 aliphatic heterocycles. The van der Waals surface area contributed by atoms with E-state index in [1.54, 1.807) is 0 Å². The summed E-state index contributed by atoms with van der Waals surface area (Å²) >= 11 is 9.62. The van der Waals surface area contributed by atoms with Crippen molar-refractivity contribution < 1.29 is 0 Å². The molecule has 2 aromatic rings. The predicted molar refractivity (Wildman–Crippen MR) is 60.8 cm³/mol. The summed E-state index contributed by atoms with van der Waals surface area (Å²) in [6.45, 7) is 1.05. The van der Waals surface area contributed by atoms with Gasteiger partial charge in [0.15, 0.2) is 0 Å². The maximum absolute atomic E-state index is 6.20. The van der Waals surface area contributed by atoms with Crippen LogP contribution in [0.15, 0.2) is 16.6 Å². The summed E-state index contributed by atoms with van der Waals surface area (Å²) in [5.41, 5.74) is 2.08. The highest BCUT2D eigenvalue weighted by atomic mass is 79.9. The van der Waals surface area contributed by atoms with Gasteiger partial charge < -0.3 is 4.57 Å². The molecule has 1 aliphatic rings. The fraction of sp³-hybridized carbons (Fsp3) is 0.300. The van der Waals surface area contributed by atoms with E-state index in [4.69, 9.17) is 11.6 Å². The Morgan fingerprint density at radius 3 is 3.14 bits per heavy atom. The molecule has 0 N–H and O–H groups in total. The highest BCUT2D eigenvalue weighted by Crippen LogP contribution is 2.31. The Hall–Kier alpha value is -0.540. The highest BCUT2D eigenvalue weighted by molar-refractivity contribution is 9.10. The topological polar surface area (TPSA) is 17.8 Å². The van der Waals surface area contributed by atoms with Gasteiger partial charge in [-0.3, -0.25) is 0 Å². The normalized spacial score (nSPS) is 15.0. The number of aryl methyl sites for hydroxylation is 2. The third kappa shape index (κ3) is 1.12. The van der Waals surface area contributed by atoms with Gasteiger partial charge in [0.2, 0.25) is 0 Å². The van der Waals surface area contributed by atoms with Crippen molar-refractivity contribution >= 4 is 38.6 Å². The summed E-state index contributed by atoms with van der Waals surface area (Å²) in [5.74, 6) is 1.17. The molecule has 0 aliphatic carbocycles. The predicted octanol–water partition coefficient (Wildman–Crippen LogP) is 3.40. The van der Waals surface area contributed by atoms with Crippen LogP contribution >= 0.6 is 27.5 Å². The van der Waals surface area contributed by atoms with Crippen LogP contribution < -0.4 is 0 Å². The lowest BCUT2D eigenvalue weighted by molar-refractivity contribution is 0.771. The first-order valence-corrected chi connectivity index (χ1v) is 5.77. The number of hydrogen-bond donors (Lipinski definition) is 0. The fourth-order valence-corrected chi connectivity index (χ4v) is 2.95. The number of fused-ring (bicyclic) bond motifs is 3. The molecule has 0 saturated heterocycles. The summed E-state index contributed by atoms with van der Waals surface area (Å²) < 4.78 is 3.22. The van der Waals surface area contributed by atoms with Gasteiger partial charge in [-0.25, -0.2) is 4.98 Å². The number of nitrogens with zero attached hydrogens (tertiary/aromatic N) is 2. The Morgan fingerprint density at radius 1 is 1.43 bits per heavy atom. The maximum atomic E-state index is 6.20. The van der Waals surface area contributed by atoms with E-state index in [9.17, 15) is 0 Å². The number of hydrogen-bond acceptors (Lipinski definition) is 1. The van der Waals surface area contributed by atoms with Gasteiger partial charge in [-0.05, 0) is 18.6 Å². The third-order valence-electron chi connectivity index (χ3n) is 2.62. The minimum absolute atomic E-state index is 0.787. The van der Waals surface area contributed by atoms with Gasteiger partial charge in [0.25, 0.3) is 0 Å². The van der Waals surface area contributed by atoms with E-state index in [0.29, 0.717) is 0 Å². The molecule has 0 bridgehead atoms. The zero-order valence-electron chi connectivity index (χ0n) is 7.43. The van der Waals surface area contributed by atoms with Crippen LogP contribution in [0.4, 0.5) is 0 Å². The largest absolute Gasteiger partial charge is 0.327 e. The van der Waals surface area contributed by atoms with Gasteiger partial charge in [-0.1, -0.05) is 27.5 Å². The number of halogens is 2. The molecule has 2 nitrogen and oxygen atoms in total. The van der Waals surface area contributed by atoms with Crippen LogP contribution in [-0.4, -0.2) is 9.55 Å². The van der Waals surface area contributed by atoms with E-state index in [1.165, 1.54) is 12.2 Å². The van der Waals surface area contributed by atoms with Crippen LogP contribution in [0.2, 0.25) is 5.02 Å². The fourth-order valence-electron chi connectivity index (χ4n) is 2.06. The molecule has 1 aromatic carbocycles. The molecule has 0 spiro atoms. The maximum Gasteiger partial charge on any atom is 0.109 e. The van der Waals surface area contributed by atoms with Crippen molar-refractivity contribution in [2.24, 2.45) is 0 Å². The molecule has 0 fully saturated rings. The van der Waals surface area contributed by atoms with E-state index in [0.717, 1.165) is 33.5 Å². The van der Waals surface area contributed by atoms with E-state index in [2.05, 4.69) is 25.5 Å². The second-order valence-corrected chi connectivity index (χ2v) is 4.86. The lowest BCUT2D eigenvalue weighted by Gasteiger charge is -2.00. The van der Waals surface area contributed by atoms with Crippen LogP contribution in [0, 0.1) is 0 Å². The van der Waals surface area contributed by atoms with Gasteiger partial charge in [-0.2, -0.15) is 0 Å². The molecule has 4 heteroatoms. The second-order valence-electron chi connectivity index (χ2n) is 3.54. The molecule has 1 aromatic heterocycles. The zero-order valence-corrected chi connectivity index (χ0v) is 9.77. The average Bonchev–Trinajstić information content (AvgIpc) is 2.60. The molecule has 0 saturated carbocycles. The van der Waals surface area contributed by atoms with Crippen LogP contribution in [0.1, 0.15) is 12.2 Å². The lowest BCUT2D eigenvalue weighted by Crippen LogP contribution is -1.91. The van der Waals surface area contributed by atoms with E-state index >= 15 is 0 Å². The van der Waals surface area contributed by atoms with Crippen molar-refractivity contribution in [1.82, 2.24) is 9.55 Å². The molecule has 14 heavy (non-hydrogen) atoms. The van der Waals surface area contributed by atoms with E-state index in [-0.39, 0.29) is 0 Å². The Morgan fingerprint density at radius 2 is 2.29 bits per heavy atom. The number of benzene rings is 1. The Kier molecular flexibility index (Phi) is 1.86. The highest BCUT2D eigenvalue weighted by Gasteiger charge is 2.18. The van der Waals surface area contributed by atoms with Gasteiger partial charge in [0, 0.05) is 17.4 Å². The summed E-state index contributed by atoms with van der Waals surface area (Å²) in [7, 11) is 0. The van der Waals surface area contributed by atoms with E-state index < -0.39 is 0 Å². The van der Waals surface area contributed by atoms with Crippen molar-refractivity contribution in [2.45, 2.75) is 19.4 Å². The molecule has 3 rings (SSSR count). The van der Waals surface area contributed by atoms with Crippen molar-refractivity contribution in [3.8, 4) is 0 Å². The van der Waals surface area contributed by atoms with Crippen LogP contribution in [-0.2, 0) is 13.0 Å². The molecule has 0 atom stereocenters. The number of aromatic nitrogens is 2. The standard InChI is InChI=1S/C10H8BrClN2/c11-6-4-7(12)10-8(5-6)13-9-2-1-3-14(9)10/h4-5H,1-3H2. The second kappa shape index (κ2) is 2.97. The summed E-state index contributed by atoms with van der Waals surface area (Å²) in [6.07, 6.45) is 2.26. The van der Waals surface area contributed by atoms with Crippen molar-refractivity contribution in [3.63, 3.8) is 0 Å². The number of rotatable bonds is 0. The van der Waals surface area contributed by atoms with Crippen LogP contribution in [0.25, 0.3) is 11.0 Å². The lowest BCUT2D eigenvalue weighted by atomic mass is 10.3. The van der Waals surface area contributed by atoms with Gasteiger partial charge in [0.05, 0.1) is 16.1 Å². The minimum atomic E-state index is 0.787. The average molecular weight is 272 g/mol. The quantitative estimate of drug-likeness (QED) is 0.718. The third-order valence-corrected chi connectivity index (χ3v) is 3.37.